The summed E-state index contributed by atoms with van der Waals surface area (Å²) in [5.74, 6) is 2.55. The number of benzene rings is 10. The van der Waals surface area contributed by atoms with E-state index in [0.717, 1.165) is 78.1 Å². The van der Waals surface area contributed by atoms with Gasteiger partial charge in [0.25, 0.3) is 0 Å². The van der Waals surface area contributed by atoms with Crippen molar-refractivity contribution in [2.24, 2.45) is 0 Å². The average Bonchev–Trinajstić information content (AvgIpc) is 4.10. The van der Waals surface area contributed by atoms with Gasteiger partial charge in [-0.15, -0.1) is 0 Å². The molecule has 0 N–H and O–H groups in total. The van der Waals surface area contributed by atoms with Crippen LogP contribution in [0.3, 0.4) is 0 Å². The maximum Gasteiger partial charge on any atom is 0.164 e. The maximum atomic E-state index is 5.34. The SMILES string of the molecule is CC1(C)c2ccccc2-c2ccc(-c3nc(-c4cccc(-c5cccc(-c6cc(-c7cc(-c8ccccc8)cc(-c8ccccc8)c7)nc(-c7ccccc7)n6)c5)c4)nc(-c4ccc5c(c4)C(C)(C)c4ccccc4-5)n3)cc21. The molecular formula is C73H53N5. The molecule has 0 amide bonds. The van der Waals surface area contributed by atoms with Crippen molar-refractivity contribution in [3.8, 4) is 124 Å². The second-order valence-corrected chi connectivity index (χ2v) is 21.7. The third kappa shape index (κ3) is 8.14. The number of fused-ring (bicyclic) bond motifs is 6. The monoisotopic (exact) mass is 999 g/mol. The molecule has 2 aliphatic rings. The highest BCUT2D eigenvalue weighted by Crippen LogP contribution is 2.51. The average molecular weight is 1000 g/mol. The molecule has 0 saturated heterocycles. The van der Waals surface area contributed by atoms with E-state index in [9.17, 15) is 0 Å². The second-order valence-electron chi connectivity index (χ2n) is 21.7. The first kappa shape index (κ1) is 46.8. The van der Waals surface area contributed by atoms with Crippen LogP contribution in [0.2, 0.25) is 0 Å². The number of rotatable bonds is 9. The first-order valence-electron chi connectivity index (χ1n) is 26.8. The number of aromatic nitrogens is 5. The van der Waals surface area contributed by atoms with E-state index in [2.05, 4.69) is 258 Å². The van der Waals surface area contributed by atoms with E-state index in [1.165, 1.54) is 44.5 Å². The molecular weight excluding hydrogens is 947 g/mol. The van der Waals surface area contributed by atoms with Crippen LogP contribution in [-0.2, 0) is 10.8 Å². The van der Waals surface area contributed by atoms with Crippen molar-refractivity contribution in [2.75, 3.05) is 0 Å². The van der Waals surface area contributed by atoms with Crippen molar-refractivity contribution in [1.29, 1.82) is 0 Å². The molecule has 0 bridgehead atoms. The summed E-state index contributed by atoms with van der Waals surface area (Å²) in [5.41, 5.74) is 24.0. The van der Waals surface area contributed by atoms with Gasteiger partial charge in [0.05, 0.1) is 11.4 Å². The normalized spacial score (nSPS) is 13.3. The van der Waals surface area contributed by atoms with Gasteiger partial charge in [0.1, 0.15) is 0 Å². The Labute approximate surface area is 455 Å². The largest absolute Gasteiger partial charge is 0.228 e. The van der Waals surface area contributed by atoms with Crippen molar-refractivity contribution in [3.63, 3.8) is 0 Å². The van der Waals surface area contributed by atoms with Gasteiger partial charge in [0.2, 0.25) is 0 Å². The van der Waals surface area contributed by atoms with E-state index >= 15 is 0 Å². The van der Waals surface area contributed by atoms with Crippen LogP contribution >= 0.6 is 0 Å². The summed E-state index contributed by atoms with van der Waals surface area (Å²) in [4.78, 5) is 26.6. The van der Waals surface area contributed by atoms with Crippen molar-refractivity contribution in [2.45, 2.75) is 38.5 Å². The third-order valence-corrected chi connectivity index (χ3v) is 16.1. The topological polar surface area (TPSA) is 64.5 Å². The lowest BCUT2D eigenvalue weighted by Crippen LogP contribution is -2.15. The number of hydrogen-bond donors (Lipinski definition) is 0. The molecule has 2 aliphatic carbocycles. The van der Waals surface area contributed by atoms with Crippen LogP contribution in [0.1, 0.15) is 49.9 Å². The minimum absolute atomic E-state index is 0.181. The Hall–Kier alpha value is -9.71. The van der Waals surface area contributed by atoms with Crippen LogP contribution < -0.4 is 0 Å². The summed E-state index contributed by atoms with van der Waals surface area (Å²) in [6, 6.07) is 88.5. The Morgan fingerprint density at radius 2 is 0.538 bits per heavy atom. The first-order valence-corrected chi connectivity index (χ1v) is 26.8. The van der Waals surface area contributed by atoms with Crippen molar-refractivity contribution in [1.82, 2.24) is 24.9 Å². The van der Waals surface area contributed by atoms with Gasteiger partial charge in [-0.2, -0.15) is 0 Å². The summed E-state index contributed by atoms with van der Waals surface area (Å²) in [5, 5.41) is 0. The van der Waals surface area contributed by atoms with Gasteiger partial charge >= 0.3 is 0 Å². The molecule has 10 aromatic carbocycles. The lowest BCUT2D eigenvalue weighted by molar-refractivity contribution is 0.660. The first-order chi connectivity index (χ1) is 38.1. The molecule has 0 unspecified atom stereocenters. The van der Waals surface area contributed by atoms with Crippen LogP contribution in [-0.4, -0.2) is 24.9 Å². The Morgan fingerprint density at radius 3 is 1.04 bits per heavy atom. The molecule has 0 fully saturated rings. The van der Waals surface area contributed by atoms with E-state index in [1.807, 2.05) is 18.2 Å². The molecule has 78 heavy (non-hydrogen) atoms. The molecule has 5 heteroatoms. The van der Waals surface area contributed by atoms with Gasteiger partial charge < -0.3 is 0 Å². The maximum absolute atomic E-state index is 5.34. The van der Waals surface area contributed by atoms with Gasteiger partial charge in [-0.3, -0.25) is 0 Å². The quantitative estimate of drug-likeness (QED) is 0.144. The summed E-state index contributed by atoms with van der Waals surface area (Å²) in [6.45, 7) is 9.26. The molecule has 5 nitrogen and oxygen atoms in total. The highest BCUT2D eigenvalue weighted by atomic mass is 15.0. The Morgan fingerprint density at radius 1 is 0.205 bits per heavy atom. The van der Waals surface area contributed by atoms with E-state index in [1.54, 1.807) is 0 Å². The molecule has 0 atom stereocenters. The van der Waals surface area contributed by atoms with Gasteiger partial charge in [-0.1, -0.05) is 228 Å². The Bertz CT molecular complexity index is 4130. The zero-order chi connectivity index (χ0) is 52.5. The fourth-order valence-electron chi connectivity index (χ4n) is 12.0. The summed E-state index contributed by atoms with van der Waals surface area (Å²) < 4.78 is 0. The Balaban J connectivity index is 0.880. The van der Waals surface area contributed by atoms with Crippen LogP contribution in [0.25, 0.3) is 124 Å². The third-order valence-electron chi connectivity index (χ3n) is 16.1. The minimum Gasteiger partial charge on any atom is -0.228 e. The molecule has 0 radical (unpaired) electrons. The second kappa shape index (κ2) is 18.5. The summed E-state index contributed by atoms with van der Waals surface area (Å²) in [7, 11) is 0. The van der Waals surface area contributed by atoms with Crippen LogP contribution in [0.5, 0.6) is 0 Å². The van der Waals surface area contributed by atoms with Gasteiger partial charge in [-0.25, -0.2) is 24.9 Å². The smallest absolute Gasteiger partial charge is 0.164 e. The lowest BCUT2D eigenvalue weighted by Gasteiger charge is -2.22. The highest BCUT2D eigenvalue weighted by Gasteiger charge is 2.37. The lowest BCUT2D eigenvalue weighted by atomic mass is 9.82. The zero-order valence-corrected chi connectivity index (χ0v) is 43.9. The highest BCUT2D eigenvalue weighted by molar-refractivity contribution is 5.87. The van der Waals surface area contributed by atoms with Gasteiger partial charge in [0, 0.05) is 44.2 Å². The molecule has 2 heterocycles. The van der Waals surface area contributed by atoms with Crippen molar-refractivity contribution >= 4 is 0 Å². The molecule has 0 spiro atoms. The van der Waals surface area contributed by atoms with Crippen molar-refractivity contribution < 1.29 is 0 Å². The predicted molar refractivity (Wildman–Crippen MR) is 319 cm³/mol. The van der Waals surface area contributed by atoms with Crippen LogP contribution in [0.4, 0.5) is 0 Å². The molecule has 2 aromatic heterocycles. The van der Waals surface area contributed by atoms with E-state index in [-0.39, 0.29) is 10.8 Å². The molecule has 0 aliphatic heterocycles. The minimum atomic E-state index is -0.181. The molecule has 0 saturated carbocycles. The molecule has 12 aromatic rings. The Kier molecular flexibility index (Phi) is 11.1. The van der Waals surface area contributed by atoms with Gasteiger partial charge in [0.15, 0.2) is 23.3 Å². The molecule has 370 valence electrons. The van der Waals surface area contributed by atoms with Crippen LogP contribution in [0.15, 0.2) is 249 Å². The van der Waals surface area contributed by atoms with E-state index < -0.39 is 0 Å². The van der Waals surface area contributed by atoms with Gasteiger partial charge in [-0.05, 0) is 126 Å². The predicted octanol–water partition coefficient (Wildman–Crippen LogP) is 18.3. The van der Waals surface area contributed by atoms with Crippen molar-refractivity contribution in [3.05, 3.63) is 271 Å². The van der Waals surface area contributed by atoms with E-state index in [0.29, 0.717) is 23.3 Å². The van der Waals surface area contributed by atoms with E-state index in [4.69, 9.17) is 24.9 Å². The molecule has 14 rings (SSSR count). The fourth-order valence-corrected chi connectivity index (χ4v) is 12.0. The standard InChI is InChI=1S/C73H53N5/c1-72(2)62-32-16-14-30-58(62)60-36-34-53(43-64(60)72)70-76-69(77-71(78-70)54-35-37-61-59-31-15-17-33-63(59)73(3,4)65(61)44-54)52-29-19-27-50(39-52)49-26-18-28-51(38-49)66-45-67(75-68(74-66)48-24-12-7-13-25-48)57-41-55(46-20-8-5-9-21-46)40-56(42-57)47-22-10-6-11-23-47/h5-45H,1-4H3. The fraction of sp³-hybridized carbons (Fsp3) is 0.0822. The van der Waals surface area contributed by atoms with Crippen LogP contribution in [0, 0.1) is 0 Å². The number of nitrogens with zero attached hydrogens (tertiary/aromatic N) is 5. The summed E-state index contributed by atoms with van der Waals surface area (Å²) >= 11 is 0. The zero-order valence-electron chi connectivity index (χ0n) is 43.9. The number of hydrogen-bond acceptors (Lipinski definition) is 5. The summed E-state index contributed by atoms with van der Waals surface area (Å²) in [6.07, 6.45) is 0.